The third-order valence-corrected chi connectivity index (χ3v) is 3.13. The molecule has 2 rings (SSSR count). The highest BCUT2D eigenvalue weighted by Gasteiger charge is 2.11. The lowest BCUT2D eigenvalue weighted by Crippen LogP contribution is -2.11. The second-order valence-corrected chi connectivity index (χ2v) is 4.78. The summed E-state index contributed by atoms with van der Waals surface area (Å²) in [7, 11) is 1.66. The zero-order valence-electron chi connectivity index (χ0n) is 9.62. The van der Waals surface area contributed by atoms with Crippen LogP contribution in [0, 0.1) is 11.6 Å². The van der Waals surface area contributed by atoms with E-state index >= 15 is 0 Å². The van der Waals surface area contributed by atoms with Crippen molar-refractivity contribution in [1.29, 1.82) is 0 Å². The highest BCUT2D eigenvalue weighted by Crippen LogP contribution is 2.30. The Bertz CT molecular complexity index is 587. The fourth-order valence-corrected chi connectivity index (χ4v) is 1.96. The average Bonchev–Trinajstić information content (AvgIpc) is 2.35. The molecule has 18 heavy (non-hydrogen) atoms. The molecule has 0 aliphatic carbocycles. The minimum atomic E-state index is -0.519. The van der Waals surface area contributed by atoms with Gasteiger partial charge in [0.2, 0.25) is 0 Å². The van der Waals surface area contributed by atoms with E-state index in [1.54, 1.807) is 30.1 Å². The molecule has 0 saturated carbocycles. The first-order chi connectivity index (χ1) is 8.49. The van der Waals surface area contributed by atoms with Gasteiger partial charge in [0.15, 0.2) is 0 Å². The Hall–Kier alpha value is -1.62. The van der Waals surface area contributed by atoms with E-state index in [4.69, 9.17) is 5.73 Å². The monoisotopic (exact) mass is 312 g/mol. The van der Waals surface area contributed by atoms with Crippen molar-refractivity contribution in [1.82, 2.24) is 0 Å². The van der Waals surface area contributed by atoms with Gasteiger partial charge in [-0.25, -0.2) is 8.78 Å². The van der Waals surface area contributed by atoms with Crippen LogP contribution in [-0.2, 0) is 0 Å². The topological polar surface area (TPSA) is 29.3 Å². The summed E-state index contributed by atoms with van der Waals surface area (Å²) in [6.07, 6.45) is 0. The minimum Gasteiger partial charge on any atom is -0.396 e. The van der Waals surface area contributed by atoms with Crippen LogP contribution in [0.15, 0.2) is 40.9 Å². The van der Waals surface area contributed by atoms with Crippen molar-refractivity contribution >= 4 is 33.0 Å². The lowest BCUT2D eigenvalue weighted by atomic mass is 10.2. The second kappa shape index (κ2) is 4.94. The lowest BCUT2D eigenvalue weighted by Gasteiger charge is -2.20. The van der Waals surface area contributed by atoms with E-state index in [0.29, 0.717) is 11.4 Å². The molecule has 0 amide bonds. The number of hydrogen-bond acceptors (Lipinski definition) is 2. The van der Waals surface area contributed by atoms with Gasteiger partial charge in [0, 0.05) is 17.2 Å². The maximum atomic E-state index is 13.7. The lowest BCUT2D eigenvalue weighted by molar-refractivity contribution is 0.625. The van der Waals surface area contributed by atoms with Crippen molar-refractivity contribution in [2.45, 2.75) is 0 Å². The van der Waals surface area contributed by atoms with Gasteiger partial charge in [0.1, 0.15) is 11.6 Å². The zero-order valence-corrected chi connectivity index (χ0v) is 11.2. The summed E-state index contributed by atoms with van der Waals surface area (Å²) in [5.41, 5.74) is 6.36. The summed E-state index contributed by atoms with van der Waals surface area (Å²) in [6, 6.07) is 8.95. The van der Waals surface area contributed by atoms with Crippen molar-refractivity contribution in [3.05, 3.63) is 52.5 Å². The number of benzene rings is 2. The molecule has 5 heteroatoms. The van der Waals surface area contributed by atoms with E-state index in [-0.39, 0.29) is 11.5 Å². The van der Waals surface area contributed by atoms with Crippen molar-refractivity contribution in [2.24, 2.45) is 0 Å². The summed E-state index contributed by atoms with van der Waals surface area (Å²) >= 11 is 3.28. The Balaban J connectivity index is 2.44. The van der Waals surface area contributed by atoms with Gasteiger partial charge in [0.05, 0.1) is 11.4 Å². The summed E-state index contributed by atoms with van der Waals surface area (Å²) in [6.45, 7) is 0. The zero-order chi connectivity index (χ0) is 13.3. The summed E-state index contributed by atoms with van der Waals surface area (Å²) in [5.74, 6) is -0.896. The Kier molecular flexibility index (Phi) is 3.52. The van der Waals surface area contributed by atoms with Crippen LogP contribution in [0.3, 0.4) is 0 Å². The molecule has 2 nitrogen and oxygen atoms in total. The third kappa shape index (κ3) is 2.46. The van der Waals surface area contributed by atoms with Crippen LogP contribution in [0.1, 0.15) is 0 Å². The molecule has 2 N–H and O–H groups in total. The number of halogens is 3. The molecule has 0 unspecified atom stereocenters. The maximum Gasteiger partial charge on any atom is 0.148 e. The fourth-order valence-electron chi connectivity index (χ4n) is 1.61. The molecule has 94 valence electrons. The largest absolute Gasteiger partial charge is 0.396 e. The quantitative estimate of drug-likeness (QED) is 0.847. The van der Waals surface area contributed by atoms with E-state index in [0.717, 1.165) is 4.47 Å². The van der Waals surface area contributed by atoms with Crippen molar-refractivity contribution in [3.63, 3.8) is 0 Å². The number of nitrogen functional groups attached to an aromatic ring is 1. The van der Waals surface area contributed by atoms with Crippen molar-refractivity contribution < 1.29 is 8.78 Å². The van der Waals surface area contributed by atoms with E-state index in [1.165, 1.54) is 18.2 Å². The Morgan fingerprint density at radius 2 is 1.78 bits per heavy atom. The molecule has 0 radical (unpaired) electrons. The molecule has 0 spiro atoms. The van der Waals surface area contributed by atoms with Gasteiger partial charge in [0.25, 0.3) is 0 Å². The Morgan fingerprint density at radius 3 is 2.44 bits per heavy atom. The molecule has 0 aliphatic heterocycles. The van der Waals surface area contributed by atoms with Crippen molar-refractivity contribution in [2.75, 3.05) is 17.7 Å². The van der Waals surface area contributed by atoms with Gasteiger partial charge in [-0.2, -0.15) is 0 Å². The summed E-state index contributed by atoms with van der Waals surface area (Å²) in [4.78, 5) is 1.56. The highest BCUT2D eigenvalue weighted by atomic mass is 79.9. The van der Waals surface area contributed by atoms with Crippen LogP contribution in [-0.4, -0.2) is 7.05 Å². The number of rotatable bonds is 2. The number of nitrogens with two attached hydrogens (primary N) is 1. The van der Waals surface area contributed by atoms with Gasteiger partial charge < -0.3 is 10.6 Å². The number of anilines is 3. The summed E-state index contributed by atoms with van der Waals surface area (Å²) in [5, 5.41) is 0. The molecule has 0 aliphatic rings. The van der Waals surface area contributed by atoms with Crippen LogP contribution in [0.4, 0.5) is 25.8 Å². The van der Waals surface area contributed by atoms with E-state index in [9.17, 15) is 8.78 Å². The molecule has 0 aromatic heterocycles. The molecule has 0 saturated heterocycles. The molecule has 0 atom stereocenters. The summed E-state index contributed by atoms with van der Waals surface area (Å²) < 4.78 is 27.8. The van der Waals surface area contributed by atoms with E-state index in [2.05, 4.69) is 15.9 Å². The van der Waals surface area contributed by atoms with Crippen LogP contribution >= 0.6 is 15.9 Å². The number of nitrogens with zero attached hydrogens (tertiary/aromatic N) is 1. The molecule has 0 fully saturated rings. The van der Waals surface area contributed by atoms with Gasteiger partial charge in [-0.15, -0.1) is 0 Å². The Morgan fingerprint density at radius 1 is 1.06 bits per heavy atom. The van der Waals surface area contributed by atoms with Crippen LogP contribution in [0.2, 0.25) is 0 Å². The molecule has 0 heterocycles. The van der Waals surface area contributed by atoms with Crippen LogP contribution in [0.25, 0.3) is 0 Å². The van der Waals surface area contributed by atoms with Gasteiger partial charge in [-0.1, -0.05) is 15.9 Å². The first-order valence-corrected chi connectivity index (χ1v) is 6.02. The highest BCUT2D eigenvalue weighted by molar-refractivity contribution is 9.10. The fraction of sp³-hybridized carbons (Fsp3) is 0.0769. The first kappa shape index (κ1) is 12.8. The van der Waals surface area contributed by atoms with E-state index < -0.39 is 5.82 Å². The van der Waals surface area contributed by atoms with Crippen LogP contribution in [0.5, 0.6) is 0 Å². The third-order valence-electron chi connectivity index (χ3n) is 2.64. The van der Waals surface area contributed by atoms with Crippen molar-refractivity contribution in [3.8, 4) is 0 Å². The smallest absolute Gasteiger partial charge is 0.148 e. The standard InChI is InChI=1S/C13H11BrF2N2/c1-18(9-3-5-12(17)11(16)7-9)13-6-8(14)2-4-10(13)15/h2-7H,17H2,1H3. The maximum absolute atomic E-state index is 13.7. The first-order valence-electron chi connectivity index (χ1n) is 5.23. The minimum absolute atomic E-state index is 0.0712. The predicted molar refractivity (Wildman–Crippen MR) is 73.0 cm³/mol. The molecular weight excluding hydrogens is 302 g/mol. The number of hydrogen-bond donors (Lipinski definition) is 1. The molecule has 2 aromatic carbocycles. The van der Waals surface area contributed by atoms with Crippen LogP contribution < -0.4 is 10.6 Å². The molecule has 0 bridgehead atoms. The van der Waals surface area contributed by atoms with Gasteiger partial charge >= 0.3 is 0 Å². The molecule has 2 aromatic rings. The van der Waals surface area contributed by atoms with Gasteiger partial charge in [-0.05, 0) is 36.4 Å². The normalized spacial score (nSPS) is 10.4. The molecular formula is C13H11BrF2N2. The van der Waals surface area contributed by atoms with E-state index in [1.807, 2.05) is 0 Å². The predicted octanol–water partition coefficient (Wildman–Crippen LogP) is 4.08. The average molecular weight is 313 g/mol. The van der Waals surface area contributed by atoms with Gasteiger partial charge in [-0.3, -0.25) is 0 Å². The SMILES string of the molecule is CN(c1ccc(N)c(F)c1)c1cc(Br)ccc1F. The second-order valence-electron chi connectivity index (χ2n) is 3.86. The Labute approximate surface area is 112 Å².